The van der Waals surface area contributed by atoms with Gasteiger partial charge >= 0.3 is 11.7 Å². The van der Waals surface area contributed by atoms with Crippen molar-refractivity contribution in [2.75, 3.05) is 33.9 Å². The number of aromatic hydroxyl groups is 2. The van der Waals surface area contributed by atoms with E-state index in [-0.39, 0.29) is 0 Å². The lowest BCUT2D eigenvalue weighted by Gasteiger charge is -2.24. The Bertz CT molecular complexity index is 711. The number of hydrogen-bond acceptors (Lipinski definition) is 7. The van der Waals surface area contributed by atoms with Gasteiger partial charge in [0.25, 0.3) is 5.91 Å². The number of phenolic OH excluding ortho intramolecular Hbond substituents is 2. The molecule has 2 N–H and O–H groups in total. The average Bonchev–Trinajstić information content (AvgIpc) is 2.59. The van der Waals surface area contributed by atoms with Crippen LogP contribution in [0.2, 0.25) is 5.02 Å². The molecule has 0 aliphatic heterocycles. The lowest BCUT2D eigenvalue weighted by atomic mass is 10.1. The zero-order chi connectivity index (χ0) is 20.0. The third-order valence-corrected chi connectivity index (χ3v) is 3.80. The van der Waals surface area contributed by atoms with Crippen LogP contribution in [0.1, 0.15) is 23.7 Å². The van der Waals surface area contributed by atoms with Crippen LogP contribution in [0, 0.1) is 10.1 Å². The molecule has 0 aliphatic carbocycles. The SMILES string of the molecule is CCOCCCN(C)C(=O)N(C)C(=O)c1c(Cl)cc(O)c(O)c1[N+](=O)[O-]. The number of urea groups is 1. The van der Waals surface area contributed by atoms with Crippen LogP contribution in [-0.2, 0) is 4.74 Å². The third kappa shape index (κ3) is 4.73. The van der Waals surface area contributed by atoms with E-state index in [2.05, 4.69) is 0 Å². The third-order valence-electron chi connectivity index (χ3n) is 3.51. The Labute approximate surface area is 154 Å². The number of nitro benzene ring substituents is 1. The van der Waals surface area contributed by atoms with E-state index >= 15 is 0 Å². The first-order valence-corrected chi connectivity index (χ1v) is 8.00. The zero-order valence-corrected chi connectivity index (χ0v) is 15.3. The lowest BCUT2D eigenvalue weighted by molar-refractivity contribution is -0.386. The molecule has 144 valence electrons. The molecule has 1 rings (SSSR count). The molecule has 1 aromatic carbocycles. The fraction of sp³-hybridized carbons (Fsp3) is 0.467. The molecule has 0 fully saturated rings. The zero-order valence-electron chi connectivity index (χ0n) is 14.6. The number of halogens is 1. The summed E-state index contributed by atoms with van der Waals surface area (Å²) in [5.74, 6) is -3.03. The lowest BCUT2D eigenvalue weighted by Crippen LogP contribution is -2.43. The normalized spacial score (nSPS) is 10.5. The number of rotatable bonds is 7. The Hall–Kier alpha value is -2.59. The number of nitrogens with zero attached hydrogens (tertiary/aromatic N) is 3. The second-order valence-electron chi connectivity index (χ2n) is 5.33. The van der Waals surface area contributed by atoms with Crippen LogP contribution in [0.15, 0.2) is 6.07 Å². The van der Waals surface area contributed by atoms with Crippen molar-refractivity contribution in [3.05, 3.63) is 26.8 Å². The van der Waals surface area contributed by atoms with E-state index in [1.165, 1.54) is 11.9 Å². The molecule has 11 heteroatoms. The summed E-state index contributed by atoms with van der Waals surface area (Å²) in [6.07, 6.45) is 0.541. The molecular weight excluding hydrogens is 370 g/mol. The predicted molar refractivity (Wildman–Crippen MR) is 92.7 cm³/mol. The molecule has 0 atom stereocenters. The maximum Gasteiger partial charge on any atom is 0.328 e. The minimum atomic E-state index is -1.10. The largest absolute Gasteiger partial charge is 0.504 e. The highest BCUT2D eigenvalue weighted by Gasteiger charge is 2.34. The number of imide groups is 1. The van der Waals surface area contributed by atoms with Gasteiger partial charge in [0.05, 0.1) is 9.95 Å². The van der Waals surface area contributed by atoms with Crippen LogP contribution >= 0.6 is 11.6 Å². The van der Waals surface area contributed by atoms with Crippen molar-refractivity contribution in [1.29, 1.82) is 0 Å². The molecule has 0 unspecified atom stereocenters. The molecule has 0 spiro atoms. The molecule has 0 bridgehead atoms. The fourth-order valence-corrected chi connectivity index (χ4v) is 2.42. The van der Waals surface area contributed by atoms with Crippen molar-refractivity contribution in [2.45, 2.75) is 13.3 Å². The van der Waals surface area contributed by atoms with E-state index in [1.54, 1.807) is 0 Å². The van der Waals surface area contributed by atoms with Gasteiger partial charge in [-0.1, -0.05) is 11.6 Å². The number of hydrogen-bond donors (Lipinski definition) is 2. The smallest absolute Gasteiger partial charge is 0.328 e. The van der Waals surface area contributed by atoms with Gasteiger partial charge in [0, 0.05) is 39.9 Å². The number of nitro groups is 1. The maximum atomic E-state index is 12.5. The predicted octanol–water partition coefficient (Wildman–Crippen LogP) is 2.21. The van der Waals surface area contributed by atoms with E-state index in [1.807, 2.05) is 6.92 Å². The number of phenols is 2. The molecule has 0 aromatic heterocycles. The molecule has 1 aromatic rings. The van der Waals surface area contributed by atoms with Crippen LogP contribution in [-0.4, -0.2) is 70.7 Å². The highest BCUT2D eigenvalue weighted by molar-refractivity contribution is 6.35. The Morgan fingerprint density at radius 1 is 1.35 bits per heavy atom. The van der Waals surface area contributed by atoms with E-state index < -0.39 is 44.6 Å². The number of ether oxygens (including phenoxy) is 1. The molecule has 0 heterocycles. The highest BCUT2D eigenvalue weighted by Crippen LogP contribution is 2.42. The van der Waals surface area contributed by atoms with Crippen molar-refractivity contribution in [3.63, 3.8) is 0 Å². The van der Waals surface area contributed by atoms with Crippen LogP contribution in [0.4, 0.5) is 10.5 Å². The van der Waals surface area contributed by atoms with Gasteiger partial charge in [-0.3, -0.25) is 19.8 Å². The summed E-state index contributed by atoms with van der Waals surface area (Å²) in [7, 11) is 2.59. The minimum Gasteiger partial charge on any atom is -0.504 e. The minimum absolute atomic E-state index is 0.299. The van der Waals surface area contributed by atoms with E-state index in [0.29, 0.717) is 31.1 Å². The van der Waals surface area contributed by atoms with Gasteiger partial charge in [0.2, 0.25) is 5.75 Å². The van der Waals surface area contributed by atoms with Crippen LogP contribution in [0.25, 0.3) is 0 Å². The Morgan fingerprint density at radius 2 is 1.96 bits per heavy atom. The Morgan fingerprint density at radius 3 is 2.50 bits per heavy atom. The van der Waals surface area contributed by atoms with E-state index in [0.717, 1.165) is 13.1 Å². The van der Waals surface area contributed by atoms with Crippen LogP contribution < -0.4 is 0 Å². The maximum absolute atomic E-state index is 12.5. The molecule has 0 saturated carbocycles. The topological polar surface area (TPSA) is 133 Å². The molecular formula is C15H20ClN3O7. The van der Waals surface area contributed by atoms with Crippen LogP contribution in [0.3, 0.4) is 0 Å². The number of amides is 3. The molecule has 26 heavy (non-hydrogen) atoms. The Kier molecular flexibility index (Phi) is 7.59. The van der Waals surface area contributed by atoms with Crippen molar-refractivity contribution < 1.29 is 29.5 Å². The van der Waals surface area contributed by atoms with Crippen molar-refractivity contribution in [1.82, 2.24) is 9.80 Å². The Balaban J connectivity index is 3.07. The molecule has 0 aliphatic rings. The van der Waals surface area contributed by atoms with E-state index in [9.17, 15) is 29.9 Å². The van der Waals surface area contributed by atoms with Gasteiger partial charge in [-0.25, -0.2) is 4.79 Å². The first-order valence-electron chi connectivity index (χ1n) is 7.63. The summed E-state index contributed by atoms with van der Waals surface area (Å²) in [6.45, 7) is 3.12. The average molecular weight is 390 g/mol. The molecule has 0 saturated heterocycles. The summed E-state index contributed by atoms with van der Waals surface area (Å²) in [6, 6.07) is 0.0748. The van der Waals surface area contributed by atoms with Gasteiger partial charge in [0.1, 0.15) is 5.56 Å². The highest BCUT2D eigenvalue weighted by atomic mass is 35.5. The van der Waals surface area contributed by atoms with Gasteiger partial charge < -0.3 is 19.8 Å². The molecule has 3 amide bonds. The first-order chi connectivity index (χ1) is 12.1. The molecule has 0 radical (unpaired) electrons. The summed E-state index contributed by atoms with van der Waals surface area (Å²) in [4.78, 5) is 36.9. The van der Waals surface area contributed by atoms with Crippen molar-refractivity contribution in [2.24, 2.45) is 0 Å². The van der Waals surface area contributed by atoms with E-state index in [4.69, 9.17) is 16.3 Å². The second kappa shape index (κ2) is 9.20. The van der Waals surface area contributed by atoms with Crippen molar-refractivity contribution in [3.8, 4) is 11.5 Å². The first kappa shape index (κ1) is 21.5. The number of carbonyl (C=O) groups is 2. The van der Waals surface area contributed by atoms with Crippen LogP contribution in [0.5, 0.6) is 11.5 Å². The monoisotopic (exact) mass is 389 g/mol. The van der Waals surface area contributed by atoms with Gasteiger partial charge in [-0.05, 0) is 13.3 Å². The van der Waals surface area contributed by atoms with Gasteiger partial charge in [0.15, 0.2) is 5.75 Å². The fourth-order valence-electron chi connectivity index (χ4n) is 2.15. The molecule has 10 nitrogen and oxygen atoms in total. The standard InChI is InChI=1S/C15H20ClN3O7/c1-4-26-7-5-6-17(2)15(23)18(3)14(22)11-9(16)8-10(20)13(21)12(11)19(24)25/h8,20-21H,4-7H2,1-3H3. The number of carbonyl (C=O) groups excluding carboxylic acids is 2. The van der Waals surface area contributed by atoms with Gasteiger partial charge in [-0.2, -0.15) is 0 Å². The second-order valence-corrected chi connectivity index (χ2v) is 5.73. The summed E-state index contributed by atoms with van der Waals surface area (Å²) >= 11 is 5.83. The quantitative estimate of drug-likeness (QED) is 0.316. The summed E-state index contributed by atoms with van der Waals surface area (Å²) < 4.78 is 5.16. The number of benzene rings is 1. The summed E-state index contributed by atoms with van der Waals surface area (Å²) in [5, 5.41) is 29.9. The van der Waals surface area contributed by atoms with Gasteiger partial charge in [-0.15, -0.1) is 0 Å². The summed E-state index contributed by atoms with van der Waals surface area (Å²) in [5.41, 5.74) is -1.76. The van der Waals surface area contributed by atoms with Crippen molar-refractivity contribution >= 4 is 29.2 Å².